The molecule has 3 aliphatic rings. The molecule has 2 aromatic carbocycles. The number of aliphatic carboxylic acids is 1. The molecule has 0 spiro atoms. The molecule has 4 aromatic rings. The van der Waals surface area contributed by atoms with E-state index in [2.05, 4.69) is 42.3 Å². The molecule has 3 fully saturated rings. The molecule has 24 heteroatoms. The number of aliphatic hydroxyl groups excluding tert-OH is 1. The van der Waals surface area contributed by atoms with Gasteiger partial charge in [-0.1, -0.05) is 58.0 Å². The quantitative estimate of drug-likeness (QED) is 0.0753. The van der Waals surface area contributed by atoms with Crippen LogP contribution in [0.2, 0.25) is 0 Å². The van der Waals surface area contributed by atoms with Crippen LogP contribution in [0.1, 0.15) is 43.2 Å². The summed E-state index contributed by atoms with van der Waals surface area (Å²) in [5, 5.41) is 35.6. The first-order valence-corrected chi connectivity index (χ1v) is 25.0. The van der Waals surface area contributed by atoms with Gasteiger partial charge in [0.05, 0.1) is 6.10 Å². The zero-order chi connectivity index (χ0) is 49.4. The van der Waals surface area contributed by atoms with Crippen molar-refractivity contribution < 1.29 is 59.1 Å². The average molecular weight is 991 g/mol. The van der Waals surface area contributed by atoms with Crippen molar-refractivity contribution in [3.05, 3.63) is 72.1 Å². The molecule has 22 nitrogen and oxygen atoms in total. The molecule has 3 saturated heterocycles. The fourth-order valence-electron chi connectivity index (χ4n) is 8.94. The van der Waals surface area contributed by atoms with Crippen molar-refractivity contribution in [1.29, 1.82) is 0 Å². The molecule has 0 bridgehead atoms. The van der Waals surface area contributed by atoms with Crippen molar-refractivity contribution in [3.8, 4) is 0 Å². The Kier molecular flexibility index (Phi) is 16.5. The number of nitrogens with two attached hydrogens (primary N) is 1. The summed E-state index contributed by atoms with van der Waals surface area (Å²) in [6.07, 6.45) is 1.32. The van der Waals surface area contributed by atoms with Crippen LogP contribution in [0.3, 0.4) is 0 Å². The molecule has 5 heterocycles. The first-order chi connectivity index (χ1) is 33.1. The summed E-state index contributed by atoms with van der Waals surface area (Å²) in [6, 6.07) is 5.25. The summed E-state index contributed by atoms with van der Waals surface area (Å²) in [5.41, 5.74) is 12.1. The van der Waals surface area contributed by atoms with Gasteiger partial charge < -0.3 is 68.0 Å². The Morgan fingerprint density at radius 3 is 1.90 bits per heavy atom. The number of primary amides is 1. The maximum absolute atomic E-state index is 14.6. The van der Waals surface area contributed by atoms with Crippen molar-refractivity contribution in [2.45, 2.75) is 93.3 Å². The van der Waals surface area contributed by atoms with Crippen LogP contribution in [-0.2, 0) is 56.0 Å². The van der Waals surface area contributed by atoms with Gasteiger partial charge in [-0.25, -0.2) is 0 Å². The number of carboxylic acid groups (broad SMARTS) is 1. The Balaban J connectivity index is 1.25. The Morgan fingerprint density at radius 1 is 0.739 bits per heavy atom. The molecule has 0 unspecified atom stereocenters. The Bertz CT molecular complexity index is 2610. The van der Waals surface area contributed by atoms with Gasteiger partial charge in [-0.05, 0) is 42.5 Å². The highest BCUT2D eigenvalue weighted by Gasteiger charge is 2.44. The second-order valence-electron chi connectivity index (χ2n) is 17.2. The van der Waals surface area contributed by atoms with E-state index in [4.69, 9.17) is 5.73 Å². The van der Waals surface area contributed by atoms with Crippen LogP contribution in [0.25, 0.3) is 21.8 Å². The second kappa shape index (κ2) is 22.7. The Hall–Kier alpha value is -6.63. The van der Waals surface area contributed by atoms with Crippen LogP contribution < -0.4 is 38.1 Å². The van der Waals surface area contributed by atoms with Crippen LogP contribution in [0.4, 0.5) is 0 Å². The lowest BCUT2D eigenvalue weighted by Gasteiger charge is -2.31. The molecule has 0 radical (unpaired) electrons. The van der Waals surface area contributed by atoms with E-state index < -0.39 is 114 Å². The second-order valence-corrected chi connectivity index (χ2v) is 19.8. The largest absolute Gasteiger partial charge is 0.481 e. The predicted octanol–water partition coefficient (Wildman–Crippen LogP) is -2.20. The summed E-state index contributed by atoms with van der Waals surface area (Å²) in [5.74, 6) is -7.66. The van der Waals surface area contributed by atoms with Crippen molar-refractivity contribution in [2.75, 3.05) is 31.1 Å². The summed E-state index contributed by atoms with van der Waals surface area (Å²) < 4.78 is 0. The lowest BCUT2D eigenvalue weighted by molar-refractivity contribution is -0.355. The van der Waals surface area contributed by atoms with Gasteiger partial charge in [0.1, 0.15) is 42.3 Å². The number of nitrogens with zero attached hydrogens (tertiary/aromatic N) is 2. The number of benzene rings is 2. The van der Waals surface area contributed by atoms with Gasteiger partial charge in [0, 0.05) is 84.5 Å². The number of carbonyl (C=O) groups is 9. The van der Waals surface area contributed by atoms with Crippen molar-refractivity contribution in [3.63, 3.8) is 0 Å². The fraction of sp³-hybridized carbons (Fsp3) is 0.444. The minimum absolute atomic E-state index is 0.0495. The number of H-pyrrole nitrogens is 2. The number of rotatable bonds is 10. The van der Waals surface area contributed by atoms with E-state index in [1.165, 1.54) is 4.90 Å². The maximum Gasteiger partial charge on any atom is 0.303 e. The van der Waals surface area contributed by atoms with E-state index in [1.807, 2.05) is 42.5 Å². The molecule has 8 atom stereocenters. The van der Waals surface area contributed by atoms with E-state index in [0.717, 1.165) is 48.3 Å². The van der Waals surface area contributed by atoms with Crippen molar-refractivity contribution in [2.24, 2.45) is 5.73 Å². The fourth-order valence-corrected chi connectivity index (χ4v) is 11.3. The van der Waals surface area contributed by atoms with Gasteiger partial charge in [0.2, 0.25) is 41.4 Å². The molecule has 3 aliphatic heterocycles. The van der Waals surface area contributed by atoms with Gasteiger partial charge in [0.25, 0.3) is 5.91 Å². The number of aliphatic hydroxyl groups is 1. The minimum Gasteiger partial charge on any atom is -0.481 e. The number of hydrogen-bond donors (Lipinski definition) is 11. The van der Waals surface area contributed by atoms with Crippen molar-refractivity contribution >= 4 is 96.6 Å². The highest BCUT2D eigenvalue weighted by atomic mass is 33.1. The summed E-state index contributed by atoms with van der Waals surface area (Å²) in [7, 11) is 2.13. The topological polar surface area (TPSA) is 346 Å². The third-order valence-electron chi connectivity index (χ3n) is 12.5. The standard InChI is InChI=1S/C45H55N11O11S2/c46-17-37(58)50-34-22-69-68-21-33(39(47)61)54-41(63)32(15-24-19-49-29-9-4-2-7-27(24)29)52-42(64)35-10-5-13-55(35)44(66)30(11-12-38(59)60)51-40(62)31(14-23-18-48-28-8-3-1-6-26(23)28)53-43(65)36-16-25(57)20-56(36)45(34)67/h1-4,6-9,18-19,25,30-36,48-49,57H,5,10-17,20-22,46H2,(H2,47,61)(H,50,58)(H,51,62)(H,52,64)(H,53,65)(H,54,63)(H,59,60)/p+1/t25-,30+,31-,32+,33+,34+,35+,36+/m1/s1. The van der Waals surface area contributed by atoms with Crippen molar-refractivity contribution in [1.82, 2.24) is 46.4 Å². The van der Waals surface area contributed by atoms with E-state index in [0.29, 0.717) is 17.5 Å². The highest BCUT2D eigenvalue weighted by Crippen LogP contribution is 2.28. The molecule has 14 N–H and O–H groups in total. The first kappa shape index (κ1) is 50.3. The number of fused-ring (bicyclic) bond motifs is 4. The average Bonchev–Trinajstić information content (AvgIpc) is 4.16. The predicted molar refractivity (Wildman–Crippen MR) is 253 cm³/mol. The van der Waals surface area contributed by atoms with E-state index in [-0.39, 0.29) is 56.8 Å². The maximum atomic E-state index is 14.6. The number of hydrogen-bond acceptors (Lipinski definition) is 12. The highest BCUT2D eigenvalue weighted by molar-refractivity contribution is 8.76. The van der Waals surface area contributed by atoms with Crippen LogP contribution in [0, 0.1) is 0 Å². The molecular weight excluding hydrogens is 935 g/mol. The number of nitrogens with one attached hydrogen (secondary N) is 7. The molecule has 8 amide bonds. The van der Waals surface area contributed by atoms with Gasteiger partial charge >= 0.3 is 5.97 Å². The minimum atomic E-state index is -1.51. The molecular formula is C45H56N11O11S2+. The van der Waals surface area contributed by atoms with Crippen LogP contribution in [0.5, 0.6) is 0 Å². The Labute approximate surface area is 402 Å². The zero-order valence-corrected chi connectivity index (χ0v) is 39.1. The molecule has 0 saturated carbocycles. The smallest absolute Gasteiger partial charge is 0.303 e. The van der Waals surface area contributed by atoms with Crippen LogP contribution in [-0.4, -0.2) is 163 Å². The molecule has 368 valence electrons. The summed E-state index contributed by atoms with van der Waals surface area (Å²) in [6.45, 7) is -0.483. The molecule has 7 rings (SSSR count). The lowest BCUT2D eigenvalue weighted by Crippen LogP contribution is -2.62. The Morgan fingerprint density at radius 2 is 1.30 bits per heavy atom. The van der Waals surface area contributed by atoms with E-state index in [1.54, 1.807) is 18.5 Å². The lowest BCUT2D eigenvalue weighted by atomic mass is 10.0. The van der Waals surface area contributed by atoms with E-state index >= 15 is 0 Å². The molecule has 2 aromatic heterocycles. The summed E-state index contributed by atoms with van der Waals surface area (Å²) >= 11 is 0. The van der Waals surface area contributed by atoms with Gasteiger partial charge in [-0.15, -0.1) is 0 Å². The number of amides is 8. The van der Waals surface area contributed by atoms with E-state index in [9.17, 15) is 53.4 Å². The molecule has 0 aliphatic carbocycles. The zero-order valence-electron chi connectivity index (χ0n) is 37.4. The first-order valence-electron chi connectivity index (χ1n) is 22.6. The third kappa shape index (κ3) is 12.2. The monoisotopic (exact) mass is 990 g/mol. The summed E-state index contributed by atoms with van der Waals surface area (Å²) in [4.78, 5) is 133. The SMILES string of the molecule is NC(=O)[C@@H]1CSSC[C@H](NC(=O)C[NH3+])C(=O)N2C[C@H](O)C[C@H]2C(=O)N[C@H](Cc2c[nH]c3ccccc23)C(=O)N[C@@H](CCC(=O)O)C(=O)N2CCC[C@H]2C(=O)N[C@@H](Cc2c[nH]c3ccccc23)C(=O)N1. The number of para-hydroxylation sites is 2. The van der Waals surface area contributed by atoms with Crippen LogP contribution in [0.15, 0.2) is 60.9 Å². The number of aromatic nitrogens is 2. The third-order valence-corrected chi connectivity index (χ3v) is 14.9. The van der Waals surface area contributed by atoms with Gasteiger partial charge in [-0.3, -0.25) is 43.2 Å². The number of carbonyl (C=O) groups excluding carboxylic acids is 8. The number of quaternary nitrogens is 1. The normalized spacial score (nSPS) is 25.9. The number of aromatic amines is 2. The molecule has 69 heavy (non-hydrogen) atoms. The van der Waals surface area contributed by atoms with Crippen LogP contribution >= 0.6 is 21.6 Å². The van der Waals surface area contributed by atoms with Gasteiger partial charge in [0.15, 0.2) is 6.54 Å². The number of carboxylic acids is 1. The van der Waals surface area contributed by atoms with Gasteiger partial charge in [-0.2, -0.15) is 0 Å².